The number of benzene rings is 1. The van der Waals surface area contributed by atoms with Crippen molar-refractivity contribution in [3.05, 3.63) is 41.0 Å². The van der Waals surface area contributed by atoms with E-state index in [9.17, 15) is 4.79 Å². The number of ether oxygens (including phenoxy) is 1. The zero-order valence-electron chi connectivity index (χ0n) is 20.9. The molecule has 3 N–H and O–H groups in total. The van der Waals surface area contributed by atoms with Crippen LogP contribution in [0.15, 0.2) is 30.6 Å². The Kier molecular flexibility index (Phi) is 7.78. The molecule has 36 heavy (non-hydrogen) atoms. The van der Waals surface area contributed by atoms with Gasteiger partial charge in [-0.25, -0.2) is 4.98 Å². The lowest BCUT2D eigenvalue weighted by Gasteiger charge is -2.13. The van der Waals surface area contributed by atoms with E-state index < -0.39 is 0 Å². The van der Waals surface area contributed by atoms with Gasteiger partial charge in [-0.1, -0.05) is 6.07 Å². The number of amides is 1. The molecule has 1 amide bonds. The Morgan fingerprint density at radius 3 is 2.94 bits per heavy atom. The maximum Gasteiger partial charge on any atom is 0.226 e. The first-order valence-electron chi connectivity index (χ1n) is 12.3. The molecule has 0 bridgehead atoms. The zero-order chi connectivity index (χ0) is 25.1. The van der Waals surface area contributed by atoms with Crippen LogP contribution in [0.2, 0.25) is 0 Å². The number of nitrogens with zero attached hydrogens (tertiary/aromatic N) is 3. The van der Waals surface area contributed by atoms with E-state index in [1.807, 2.05) is 10.9 Å². The fraction of sp³-hybridized carbons (Fsp3) is 0.423. The molecule has 3 aromatic heterocycles. The predicted octanol–water partition coefficient (Wildman–Crippen LogP) is 4.68. The average molecular weight is 525 g/mol. The van der Waals surface area contributed by atoms with Gasteiger partial charge in [0.25, 0.3) is 0 Å². The van der Waals surface area contributed by atoms with Gasteiger partial charge in [0.1, 0.15) is 10.0 Å². The molecule has 4 heterocycles. The van der Waals surface area contributed by atoms with Gasteiger partial charge in [-0.05, 0) is 50.1 Å². The van der Waals surface area contributed by atoms with Crippen LogP contribution in [0.1, 0.15) is 36.8 Å². The highest BCUT2D eigenvalue weighted by Gasteiger charge is 2.25. The maximum absolute atomic E-state index is 12.7. The van der Waals surface area contributed by atoms with E-state index in [0.717, 1.165) is 63.0 Å². The van der Waals surface area contributed by atoms with E-state index in [1.165, 1.54) is 10.4 Å². The molecule has 8 nitrogen and oxygen atoms in total. The largest absolute Gasteiger partial charge is 0.383 e. The third-order valence-electron chi connectivity index (χ3n) is 6.26. The Balaban J connectivity index is 1.42. The summed E-state index contributed by atoms with van der Waals surface area (Å²) in [5.74, 6) is 0.0123. The molecule has 0 atom stereocenters. The van der Waals surface area contributed by atoms with Crippen LogP contribution in [0.5, 0.6) is 0 Å². The molecular formula is C26H32N6O2S2. The number of nitrogens with one attached hydrogen (secondary N) is 3. The fourth-order valence-corrected chi connectivity index (χ4v) is 6.70. The standard InChI is InChI=1S/C26H32N6O2S2/c1-16(2)32-15-18(13-29-32)17-4-5-20-21(12-17)35-25(30-20)24-19-6-8-28-14-22(19)36-26(24)31-23(33)7-9-27-10-11-34-3/h4-5,12-13,15-16,27-28H,6-11,14H2,1-3H3,(H,31,33). The monoisotopic (exact) mass is 524 g/mol. The van der Waals surface area contributed by atoms with Crippen LogP contribution >= 0.6 is 22.7 Å². The second kappa shape index (κ2) is 11.2. The van der Waals surface area contributed by atoms with Gasteiger partial charge in [0.2, 0.25) is 5.91 Å². The summed E-state index contributed by atoms with van der Waals surface area (Å²) in [4.78, 5) is 19.0. The van der Waals surface area contributed by atoms with Gasteiger partial charge in [0, 0.05) is 61.4 Å². The zero-order valence-corrected chi connectivity index (χ0v) is 22.5. The molecule has 10 heteroatoms. The molecule has 0 fully saturated rings. The van der Waals surface area contributed by atoms with Crippen molar-refractivity contribution in [3.8, 4) is 21.7 Å². The van der Waals surface area contributed by atoms with Crippen molar-refractivity contribution in [1.82, 2.24) is 25.4 Å². The van der Waals surface area contributed by atoms with Gasteiger partial charge >= 0.3 is 0 Å². The van der Waals surface area contributed by atoms with Crippen molar-refractivity contribution in [3.63, 3.8) is 0 Å². The van der Waals surface area contributed by atoms with Gasteiger partial charge < -0.3 is 20.7 Å². The van der Waals surface area contributed by atoms with Crippen LogP contribution in [0, 0.1) is 0 Å². The van der Waals surface area contributed by atoms with E-state index >= 15 is 0 Å². The van der Waals surface area contributed by atoms with Crippen LogP contribution in [-0.4, -0.2) is 54.0 Å². The number of hydrogen-bond acceptors (Lipinski definition) is 8. The lowest BCUT2D eigenvalue weighted by atomic mass is 10.0. The number of methoxy groups -OCH3 is 1. The van der Waals surface area contributed by atoms with Crippen LogP contribution in [0.3, 0.4) is 0 Å². The van der Waals surface area contributed by atoms with Crippen LogP contribution in [0.25, 0.3) is 31.9 Å². The maximum atomic E-state index is 12.7. The lowest BCUT2D eigenvalue weighted by Crippen LogP contribution is -2.24. The van der Waals surface area contributed by atoms with E-state index in [-0.39, 0.29) is 5.91 Å². The number of thiophene rings is 1. The molecule has 1 aliphatic rings. The van der Waals surface area contributed by atoms with Crippen molar-refractivity contribution in [2.24, 2.45) is 0 Å². The van der Waals surface area contributed by atoms with Gasteiger partial charge in [0.05, 0.1) is 23.0 Å². The number of rotatable bonds is 10. The normalized spacial score (nSPS) is 13.4. The second-order valence-electron chi connectivity index (χ2n) is 9.18. The summed E-state index contributed by atoms with van der Waals surface area (Å²) in [5.41, 5.74) is 5.61. The number of hydrogen-bond donors (Lipinski definition) is 3. The van der Waals surface area contributed by atoms with Crippen LogP contribution < -0.4 is 16.0 Å². The summed E-state index contributed by atoms with van der Waals surface area (Å²) in [6, 6.07) is 6.72. The quantitative estimate of drug-likeness (QED) is 0.261. The third kappa shape index (κ3) is 5.37. The van der Waals surface area contributed by atoms with Crippen molar-refractivity contribution in [1.29, 1.82) is 0 Å². The van der Waals surface area contributed by atoms with Gasteiger partial charge in [0.15, 0.2) is 0 Å². The molecule has 0 saturated heterocycles. The second-order valence-corrected chi connectivity index (χ2v) is 11.3. The van der Waals surface area contributed by atoms with Crippen molar-refractivity contribution in [2.45, 2.75) is 39.3 Å². The molecule has 4 aromatic rings. The summed E-state index contributed by atoms with van der Waals surface area (Å²) in [7, 11) is 1.67. The van der Waals surface area contributed by atoms with Crippen LogP contribution in [0.4, 0.5) is 5.00 Å². The van der Waals surface area contributed by atoms with Crippen molar-refractivity contribution in [2.75, 3.05) is 38.7 Å². The molecule has 0 aliphatic carbocycles. The highest BCUT2D eigenvalue weighted by Crippen LogP contribution is 2.45. The average Bonchev–Trinajstić information content (AvgIpc) is 3.59. The Morgan fingerprint density at radius 2 is 2.14 bits per heavy atom. The summed E-state index contributed by atoms with van der Waals surface area (Å²) < 4.78 is 8.16. The smallest absolute Gasteiger partial charge is 0.226 e. The number of thiazole rings is 1. The van der Waals surface area contributed by atoms with E-state index in [2.05, 4.69) is 59.3 Å². The van der Waals surface area contributed by atoms with Crippen molar-refractivity contribution < 1.29 is 9.53 Å². The molecular weight excluding hydrogens is 492 g/mol. The number of fused-ring (bicyclic) bond motifs is 2. The predicted molar refractivity (Wildman–Crippen MR) is 148 cm³/mol. The molecule has 1 aliphatic heterocycles. The van der Waals surface area contributed by atoms with E-state index in [0.29, 0.717) is 25.6 Å². The molecule has 190 valence electrons. The molecule has 0 saturated carbocycles. The highest BCUT2D eigenvalue weighted by molar-refractivity contribution is 7.23. The first kappa shape index (κ1) is 25.0. The lowest BCUT2D eigenvalue weighted by molar-refractivity contribution is -0.116. The first-order chi connectivity index (χ1) is 17.5. The van der Waals surface area contributed by atoms with Crippen molar-refractivity contribution >= 4 is 43.8 Å². The summed E-state index contributed by atoms with van der Waals surface area (Å²) >= 11 is 3.36. The van der Waals surface area contributed by atoms with Gasteiger partial charge in [-0.2, -0.15) is 5.10 Å². The Morgan fingerprint density at radius 1 is 1.25 bits per heavy atom. The Hall–Kier alpha value is -2.63. The number of aromatic nitrogens is 3. The minimum atomic E-state index is 0.0123. The minimum Gasteiger partial charge on any atom is -0.383 e. The van der Waals surface area contributed by atoms with E-state index in [1.54, 1.807) is 29.8 Å². The molecule has 5 rings (SSSR count). The minimum absolute atomic E-state index is 0.0123. The Labute approximate surface area is 219 Å². The molecule has 0 spiro atoms. The number of carbonyl (C=O) groups is 1. The first-order valence-corrected chi connectivity index (χ1v) is 14.0. The van der Waals surface area contributed by atoms with Crippen LogP contribution in [-0.2, 0) is 22.5 Å². The molecule has 0 radical (unpaired) electrons. The van der Waals surface area contributed by atoms with Gasteiger partial charge in [-0.15, -0.1) is 22.7 Å². The Bertz CT molecular complexity index is 1360. The molecule has 1 aromatic carbocycles. The number of anilines is 1. The highest BCUT2D eigenvalue weighted by atomic mass is 32.1. The van der Waals surface area contributed by atoms with E-state index in [4.69, 9.17) is 9.72 Å². The van der Waals surface area contributed by atoms with Gasteiger partial charge in [-0.3, -0.25) is 9.48 Å². The fourth-order valence-electron chi connectivity index (χ4n) is 4.32. The number of carbonyl (C=O) groups excluding carboxylic acids is 1. The molecule has 0 unspecified atom stereocenters. The SMILES string of the molecule is COCCNCCC(=O)Nc1sc2c(c1-c1nc3ccc(-c4cnn(C(C)C)c4)cc3s1)CCNC2. The summed E-state index contributed by atoms with van der Waals surface area (Å²) in [5, 5.41) is 16.2. The summed E-state index contributed by atoms with van der Waals surface area (Å²) in [6.07, 6.45) is 5.36. The topological polar surface area (TPSA) is 93.1 Å². The third-order valence-corrected chi connectivity index (χ3v) is 8.44. The summed E-state index contributed by atoms with van der Waals surface area (Å²) in [6.45, 7) is 8.00.